The maximum Gasteiger partial charge on any atom is 0.407 e. The number of unbranched alkanes of at least 4 members (excludes halogenated alkanes) is 2. The molecule has 1 aromatic carbocycles. The summed E-state index contributed by atoms with van der Waals surface area (Å²) in [7, 11) is 0. The lowest BCUT2D eigenvalue weighted by atomic mass is 10.0. The molecule has 1 aliphatic heterocycles. The smallest absolute Gasteiger partial charge is 0.407 e. The highest BCUT2D eigenvalue weighted by Crippen LogP contribution is 2.17. The Morgan fingerprint density at radius 1 is 0.909 bits per heavy atom. The van der Waals surface area contributed by atoms with Gasteiger partial charge in [-0.2, -0.15) is 0 Å². The Labute approximate surface area is 257 Å². The van der Waals surface area contributed by atoms with E-state index in [1.165, 1.54) is 9.80 Å². The molecule has 1 saturated heterocycles. The second-order valence-corrected chi connectivity index (χ2v) is 11.4. The molecule has 14 nitrogen and oxygen atoms in total. The van der Waals surface area contributed by atoms with Crippen LogP contribution in [0.1, 0.15) is 64.9 Å². The van der Waals surface area contributed by atoms with Gasteiger partial charge in [0.15, 0.2) is 0 Å². The van der Waals surface area contributed by atoms with Crippen LogP contribution in [0.2, 0.25) is 0 Å². The van der Waals surface area contributed by atoms with Crippen LogP contribution in [0.25, 0.3) is 0 Å². The summed E-state index contributed by atoms with van der Waals surface area (Å²) in [4.78, 5) is 75.8. The van der Waals surface area contributed by atoms with Gasteiger partial charge in [0, 0.05) is 32.6 Å². The summed E-state index contributed by atoms with van der Waals surface area (Å²) < 4.78 is 10.3. The summed E-state index contributed by atoms with van der Waals surface area (Å²) in [6, 6.07) is 8.12. The zero-order chi connectivity index (χ0) is 32.5. The fourth-order valence-electron chi connectivity index (χ4n) is 4.46. The Morgan fingerprint density at radius 2 is 1.61 bits per heavy atom. The number of benzene rings is 1. The Hall–Kier alpha value is -4.36. The molecule has 244 valence electrons. The van der Waals surface area contributed by atoms with E-state index in [0.29, 0.717) is 32.2 Å². The third-order valence-corrected chi connectivity index (χ3v) is 6.55. The van der Waals surface area contributed by atoms with E-state index in [1.54, 1.807) is 32.9 Å². The minimum absolute atomic E-state index is 0.0346. The van der Waals surface area contributed by atoms with Gasteiger partial charge in [-0.1, -0.05) is 36.8 Å². The van der Waals surface area contributed by atoms with Gasteiger partial charge in [-0.3, -0.25) is 19.2 Å². The minimum atomic E-state index is -1.16. The molecule has 0 unspecified atom stereocenters. The maximum atomic E-state index is 13.1. The van der Waals surface area contributed by atoms with E-state index < -0.39 is 48.2 Å². The van der Waals surface area contributed by atoms with Crippen LogP contribution in [0.5, 0.6) is 0 Å². The number of carboxylic acids is 1. The van der Waals surface area contributed by atoms with Crippen LogP contribution in [-0.2, 0) is 35.3 Å². The van der Waals surface area contributed by atoms with Crippen LogP contribution in [0, 0.1) is 0 Å². The highest BCUT2D eigenvalue weighted by Gasteiger charge is 2.37. The Kier molecular flexibility index (Phi) is 14.9. The maximum absolute atomic E-state index is 13.1. The lowest BCUT2D eigenvalue weighted by Crippen LogP contribution is -2.60. The van der Waals surface area contributed by atoms with Crippen molar-refractivity contribution in [1.82, 2.24) is 25.8 Å². The number of rotatable bonds is 16. The van der Waals surface area contributed by atoms with Gasteiger partial charge in [0.2, 0.25) is 17.7 Å². The van der Waals surface area contributed by atoms with Gasteiger partial charge >= 0.3 is 18.2 Å². The van der Waals surface area contributed by atoms with Crippen molar-refractivity contribution in [2.45, 2.75) is 77.5 Å². The number of hydrogen-bond acceptors (Lipinski definition) is 8. The van der Waals surface area contributed by atoms with Crippen molar-refractivity contribution in [1.29, 1.82) is 0 Å². The molecule has 2 rings (SSSR count). The number of hydrogen-bond donors (Lipinski definition) is 4. The van der Waals surface area contributed by atoms with Crippen LogP contribution in [-0.4, -0.2) is 102 Å². The first-order valence-electron chi connectivity index (χ1n) is 14.8. The quantitative estimate of drug-likeness (QED) is 0.201. The molecule has 1 heterocycles. The molecule has 44 heavy (non-hydrogen) atoms. The molecule has 0 spiro atoms. The number of carbonyl (C=O) groups excluding carboxylic acids is 5. The number of ether oxygens (including phenoxy) is 2. The molecule has 0 bridgehead atoms. The molecule has 5 amide bonds. The highest BCUT2D eigenvalue weighted by molar-refractivity contribution is 5.92. The van der Waals surface area contributed by atoms with Gasteiger partial charge in [0.1, 0.15) is 31.3 Å². The second-order valence-electron chi connectivity index (χ2n) is 11.4. The molecule has 0 aromatic heterocycles. The van der Waals surface area contributed by atoms with Crippen molar-refractivity contribution >= 4 is 35.9 Å². The van der Waals surface area contributed by atoms with Crippen molar-refractivity contribution in [3.63, 3.8) is 0 Å². The van der Waals surface area contributed by atoms with E-state index in [2.05, 4.69) is 16.0 Å². The van der Waals surface area contributed by atoms with Crippen molar-refractivity contribution < 1.29 is 43.3 Å². The minimum Gasteiger partial charge on any atom is -0.480 e. The van der Waals surface area contributed by atoms with Crippen molar-refractivity contribution in [2.75, 3.05) is 39.3 Å². The van der Waals surface area contributed by atoms with E-state index in [0.717, 1.165) is 12.0 Å². The fraction of sp³-hybridized carbons (Fsp3) is 0.600. The van der Waals surface area contributed by atoms with Gasteiger partial charge < -0.3 is 40.3 Å². The highest BCUT2D eigenvalue weighted by atomic mass is 16.6. The average molecular weight is 620 g/mol. The van der Waals surface area contributed by atoms with Crippen molar-refractivity contribution in [3.8, 4) is 0 Å². The van der Waals surface area contributed by atoms with E-state index in [-0.39, 0.29) is 45.1 Å². The lowest BCUT2D eigenvalue weighted by molar-refractivity contribution is -0.155. The van der Waals surface area contributed by atoms with Gasteiger partial charge in [-0.15, -0.1) is 0 Å². The molecular weight excluding hydrogens is 574 g/mol. The predicted molar refractivity (Wildman–Crippen MR) is 159 cm³/mol. The standard InChI is InChI=1S/C30H45N5O9/c1-30(2,3)44-29(42)32-15-9-5-8-14-24(36)31-16-10-13-23-27(40)34(20-26(38)39)17-18-35(23)25(37)19-33-28(41)43-21-22-11-6-4-7-12-22/h4,6-7,11-12,23H,5,8-10,13-21H2,1-3H3,(H,31,36)(H,32,42)(H,33,41)(H,38,39)/t23-/m0/s1. The summed E-state index contributed by atoms with van der Waals surface area (Å²) in [6.45, 7) is 5.41. The first-order valence-corrected chi connectivity index (χ1v) is 14.8. The molecular formula is C30H45N5O9. The number of piperazine rings is 1. The van der Waals surface area contributed by atoms with Crippen LogP contribution in [0.15, 0.2) is 30.3 Å². The van der Waals surface area contributed by atoms with E-state index in [4.69, 9.17) is 9.47 Å². The third kappa shape index (κ3) is 14.2. The molecule has 1 fully saturated rings. The normalized spacial score (nSPS) is 14.9. The van der Waals surface area contributed by atoms with E-state index in [1.807, 2.05) is 18.2 Å². The van der Waals surface area contributed by atoms with Gasteiger partial charge in [0.05, 0.1) is 0 Å². The number of alkyl carbamates (subject to hydrolysis) is 2. The molecule has 1 aliphatic rings. The monoisotopic (exact) mass is 619 g/mol. The summed E-state index contributed by atoms with van der Waals surface area (Å²) >= 11 is 0. The van der Waals surface area contributed by atoms with Crippen LogP contribution in [0.4, 0.5) is 9.59 Å². The zero-order valence-electron chi connectivity index (χ0n) is 25.8. The van der Waals surface area contributed by atoms with Crippen LogP contribution < -0.4 is 16.0 Å². The Morgan fingerprint density at radius 3 is 2.30 bits per heavy atom. The van der Waals surface area contributed by atoms with E-state index in [9.17, 15) is 33.9 Å². The number of aliphatic carboxylic acids is 1. The SMILES string of the molecule is CC(C)(C)OC(=O)NCCCCCC(=O)NCCC[C@H]1C(=O)N(CC(=O)O)CCN1C(=O)CNC(=O)OCc1ccccc1. The van der Waals surface area contributed by atoms with Gasteiger partial charge in [-0.05, 0) is 52.0 Å². The largest absolute Gasteiger partial charge is 0.480 e. The molecule has 1 atom stereocenters. The number of amides is 5. The molecule has 1 aromatic rings. The second kappa shape index (κ2) is 18.3. The lowest BCUT2D eigenvalue weighted by Gasteiger charge is -2.40. The number of nitrogens with zero attached hydrogens (tertiary/aromatic N) is 2. The first kappa shape index (κ1) is 35.8. The Balaban J connectivity index is 1.75. The predicted octanol–water partition coefficient (Wildman–Crippen LogP) is 2.02. The topological polar surface area (TPSA) is 184 Å². The first-order chi connectivity index (χ1) is 20.9. The number of carbonyl (C=O) groups is 6. The zero-order valence-corrected chi connectivity index (χ0v) is 25.8. The van der Waals surface area contributed by atoms with Gasteiger partial charge in [0.25, 0.3) is 0 Å². The van der Waals surface area contributed by atoms with Crippen LogP contribution >= 0.6 is 0 Å². The molecule has 14 heteroatoms. The summed E-state index contributed by atoms with van der Waals surface area (Å²) in [5.41, 5.74) is 0.224. The Bertz CT molecular complexity index is 1120. The average Bonchev–Trinajstić information content (AvgIpc) is 2.95. The summed E-state index contributed by atoms with van der Waals surface area (Å²) in [6.07, 6.45) is 1.70. The third-order valence-electron chi connectivity index (χ3n) is 6.55. The van der Waals surface area contributed by atoms with Crippen LogP contribution in [0.3, 0.4) is 0 Å². The molecule has 0 aliphatic carbocycles. The number of carboxylic acid groups (broad SMARTS) is 1. The van der Waals surface area contributed by atoms with Crippen molar-refractivity contribution in [2.24, 2.45) is 0 Å². The van der Waals surface area contributed by atoms with Crippen molar-refractivity contribution in [3.05, 3.63) is 35.9 Å². The summed E-state index contributed by atoms with van der Waals surface area (Å²) in [5.74, 6) is -2.31. The number of nitrogens with one attached hydrogen (secondary N) is 3. The van der Waals surface area contributed by atoms with E-state index >= 15 is 0 Å². The van der Waals surface area contributed by atoms with Gasteiger partial charge in [-0.25, -0.2) is 9.59 Å². The fourth-order valence-corrected chi connectivity index (χ4v) is 4.46. The molecule has 0 radical (unpaired) electrons. The molecule has 4 N–H and O–H groups in total. The molecule has 0 saturated carbocycles. The summed E-state index contributed by atoms with van der Waals surface area (Å²) in [5, 5.41) is 17.1.